The topological polar surface area (TPSA) is 25.2 Å². The van der Waals surface area contributed by atoms with Crippen LogP contribution in [0, 0.1) is 6.92 Å². The molecule has 118 valence electrons. The molecule has 0 amide bonds. The fourth-order valence-corrected chi connectivity index (χ4v) is 3.46. The highest BCUT2D eigenvalue weighted by Gasteiger charge is 2.29. The van der Waals surface area contributed by atoms with Crippen LogP contribution in [0.5, 0.6) is 0 Å². The van der Waals surface area contributed by atoms with Crippen LogP contribution in [-0.4, -0.2) is 20.8 Å². The van der Waals surface area contributed by atoms with Gasteiger partial charge in [0.15, 0.2) is 5.78 Å². The van der Waals surface area contributed by atoms with Crippen LogP contribution in [0.4, 0.5) is 0 Å². The molecular weight excluding hydrogens is 272 g/mol. The van der Waals surface area contributed by atoms with Gasteiger partial charge >= 0.3 is 0 Å². The Morgan fingerprint density at radius 1 is 1.18 bits per heavy atom. The van der Waals surface area contributed by atoms with E-state index in [4.69, 9.17) is 0 Å². The molecule has 0 saturated heterocycles. The van der Waals surface area contributed by atoms with E-state index >= 15 is 0 Å². The first-order chi connectivity index (χ1) is 10.2. The first kappa shape index (κ1) is 15.3. The molecule has 0 saturated carbocycles. The van der Waals surface area contributed by atoms with E-state index in [1.165, 1.54) is 16.6 Å². The van der Waals surface area contributed by atoms with Crippen molar-refractivity contribution >= 4 is 16.7 Å². The van der Waals surface area contributed by atoms with Crippen molar-refractivity contribution in [3.8, 4) is 0 Å². The van der Waals surface area contributed by atoms with Gasteiger partial charge in [0, 0.05) is 54.3 Å². The van der Waals surface area contributed by atoms with Gasteiger partial charge in [0.2, 0.25) is 0 Å². The number of nitrogens with zero attached hydrogens (tertiary/aromatic N) is 2. The van der Waals surface area contributed by atoms with E-state index < -0.39 is 0 Å². The molecule has 0 aliphatic carbocycles. The van der Waals surface area contributed by atoms with Gasteiger partial charge in [-0.3, -0.25) is 9.69 Å². The molecule has 0 bridgehead atoms. The number of aromatic nitrogens is 1. The van der Waals surface area contributed by atoms with Crippen molar-refractivity contribution in [3.63, 3.8) is 0 Å². The van der Waals surface area contributed by atoms with Crippen molar-refractivity contribution in [1.29, 1.82) is 0 Å². The van der Waals surface area contributed by atoms with E-state index in [2.05, 4.69) is 56.3 Å². The van der Waals surface area contributed by atoms with Gasteiger partial charge in [-0.2, -0.15) is 0 Å². The van der Waals surface area contributed by atoms with Gasteiger partial charge < -0.3 is 4.57 Å². The minimum absolute atomic E-state index is 0.170. The molecule has 2 aromatic rings. The average Bonchev–Trinajstić information content (AvgIpc) is 2.97. The van der Waals surface area contributed by atoms with E-state index in [-0.39, 0.29) is 11.3 Å². The van der Waals surface area contributed by atoms with Crippen molar-refractivity contribution in [1.82, 2.24) is 9.47 Å². The molecule has 0 unspecified atom stereocenters. The number of Topliss-reactive ketones (excluding diaryl/α,β-unsaturated/α-hetero) is 1. The van der Waals surface area contributed by atoms with Gasteiger partial charge in [0.05, 0.1) is 0 Å². The first-order valence-corrected chi connectivity index (χ1v) is 8.13. The van der Waals surface area contributed by atoms with Crippen LogP contribution < -0.4 is 0 Å². The summed E-state index contributed by atoms with van der Waals surface area (Å²) in [5.41, 5.74) is 6.12. The van der Waals surface area contributed by atoms with Crippen LogP contribution in [-0.2, 0) is 20.1 Å². The summed E-state index contributed by atoms with van der Waals surface area (Å²) in [7, 11) is 2.06. The Kier molecular flexibility index (Phi) is 3.44. The van der Waals surface area contributed by atoms with Crippen molar-refractivity contribution in [2.45, 2.75) is 59.7 Å². The molecular formula is C19H26N2O. The lowest BCUT2D eigenvalue weighted by molar-refractivity contribution is 0.0989. The predicted octanol–water partition coefficient (Wildman–Crippen LogP) is 4.19. The normalized spacial score (nSPS) is 15.5. The summed E-state index contributed by atoms with van der Waals surface area (Å²) in [5, 5.41) is 1.13. The van der Waals surface area contributed by atoms with Crippen molar-refractivity contribution in [2.24, 2.45) is 7.05 Å². The lowest BCUT2D eigenvalue weighted by Gasteiger charge is -2.31. The molecule has 0 radical (unpaired) electrons. The van der Waals surface area contributed by atoms with Crippen molar-refractivity contribution < 1.29 is 4.79 Å². The number of carbonyl (C=O) groups is 1. The number of benzene rings is 1. The zero-order valence-electron chi connectivity index (χ0n) is 14.6. The highest BCUT2D eigenvalue weighted by atomic mass is 16.1. The molecule has 0 spiro atoms. The molecule has 2 heterocycles. The molecule has 1 aliphatic rings. The Morgan fingerprint density at radius 3 is 2.32 bits per heavy atom. The standard InChI is InChI=1S/C19H26N2O/c1-7-17(22)18-12(2)20(6)16-9-14-11-21(19(3,4)5)10-13(14)8-15(16)18/h8-9H,7,10-11H2,1-6H3. The SMILES string of the molecule is CCC(=O)c1c(C)n(C)c2cc3c(cc12)CN(C(C)(C)C)C3. The monoisotopic (exact) mass is 298 g/mol. The fraction of sp³-hybridized carbons (Fsp3) is 0.526. The minimum Gasteiger partial charge on any atom is -0.347 e. The Labute approximate surface area is 132 Å². The van der Waals surface area contributed by atoms with Gasteiger partial charge in [0.25, 0.3) is 0 Å². The third-order valence-corrected chi connectivity index (χ3v) is 5.08. The summed E-state index contributed by atoms with van der Waals surface area (Å²) in [6.07, 6.45) is 0.561. The second-order valence-electron chi connectivity index (χ2n) is 7.46. The molecule has 0 fully saturated rings. The smallest absolute Gasteiger partial charge is 0.165 e. The number of carbonyl (C=O) groups excluding carboxylic acids is 1. The van der Waals surface area contributed by atoms with Crippen LogP contribution in [0.15, 0.2) is 12.1 Å². The Hall–Kier alpha value is -1.61. The molecule has 0 N–H and O–H groups in total. The molecule has 3 heteroatoms. The number of fused-ring (bicyclic) bond motifs is 2. The fourth-order valence-electron chi connectivity index (χ4n) is 3.46. The summed E-state index contributed by atoms with van der Waals surface area (Å²) in [6, 6.07) is 4.54. The molecule has 1 aromatic heterocycles. The molecule has 0 atom stereocenters. The highest BCUT2D eigenvalue weighted by molar-refractivity contribution is 6.09. The number of aryl methyl sites for hydroxylation is 1. The summed E-state index contributed by atoms with van der Waals surface area (Å²) in [4.78, 5) is 14.9. The third kappa shape index (κ3) is 2.19. The maximum atomic E-state index is 12.4. The van der Waals surface area contributed by atoms with Crippen LogP contribution in [0.2, 0.25) is 0 Å². The molecule has 1 aliphatic heterocycles. The molecule has 1 aromatic carbocycles. The lowest BCUT2D eigenvalue weighted by Crippen LogP contribution is -2.36. The van der Waals surface area contributed by atoms with Gasteiger partial charge in [0.1, 0.15) is 0 Å². The van der Waals surface area contributed by atoms with Gasteiger partial charge in [-0.05, 0) is 51.0 Å². The average molecular weight is 298 g/mol. The Bertz CT molecular complexity index is 762. The maximum Gasteiger partial charge on any atom is 0.165 e. The van der Waals surface area contributed by atoms with Crippen molar-refractivity contribution in [2.75, 3.05) is 0 Å². The van der Waals surface area contributed by atoms with E-state index in [1.807, 2.05) is 6.92 Å². The summed E-state index contributed by atoms with van der Waals surface area (Å²) >= 11 is 0. The summed E-state index contributed by atoms with van der Waals surface area (Å²) < 4.78 is 2.16. The molecule has 3 nitrogen and oxygen atoms in total. The van der Waals surface area contributed by atoms with Gasteiger partial charge in [-0.25, -0.2) is 0 Å². The largest absolute Gasteiger partial charge is 0.347 e. The van der Waals surface area contributed by atoms with Gasteiger partial charge in [-0.1, -0.05) is 6.92 Å². The van der Waals surface area contributed by atoms with Crippen LogP contribution in [0.25, 0.3) is 10.9 Å². The van der Waals surface area contributed by atoms with E-state index in [9.17, 15) is 4.79 Å². The Balaban J connectivity index is 2.17. The first-order valence-electron chi connectivity index (χ1n) is 8.13. The number of ketones is 1. The second-order valence-corrected chi connectivity index (χ2v) is 7.46. The van der Waals surface area contributed by atoms with Crippen LogP contribution >= 0.6 is 0 Å². The van der Waals surface area contributed by atoms with Gasteiger partial charge in [-0.15, -0.1) is 0 Å². The van der Waals surface area contributed by atoms with E-state index in [0.717, 1.165) is 29.7 Å². The predicted molar refractivity (Wildman–Crippen MR) is 91.3 cm³/mol. The van der Waals surface area contributed by atoms with Crippen LogP contribution in [0.3, 0.4) is 0 Å². The van der Waals surface area contributed by atoms with E-state index in [1.54, 1.807) is 0 Å². The quantitative estimate of drug-likeness (QED) is 0.777. The number of rotatable bonds is 2. The zero-order valence-corrected chi connectivity index (χ0v) is 14.6. The van der Waals surface area contributed by atoms with Crippen molar-refractivity contribution in [3.05, 3.63) is 34.5 Å². The summed E-state index contributed by atoms with van der Waals surface area (Å²) in [5.74, 6) is 0.244. The number of hydrogen-bond donors (Lipinski definition) is 0. The van der Waals surface area contributed by atoms with Crippen LogP contribution in [0.1, 0.15) is 61.3 Å². The molecule has 22 heavy (non-hydrogen) atoms. The molecule has 3 rings (SSSR count). The number of hydrogen-bond acceptors (Lipinski definition) is 2. The second kappa shape index (κ2) is 4.95. The third-order valence-electron chi connectivity index (χ3n) is 5.08. The minimum atomic E-state index is 0.170. The lowest BCUT2D eigenvalue weighted by atomic mass is 10.0. The zero-order chi connectivity index (χ0) is 16.2. The Morgan fingerprint density at radius 2 is 1.77 bits per heavy atom. The van der Waals surface area contributed by atoms with E-state index in [0.29, 0.717) is 6.42 Å². The maximum absolute atomic E-state index is 12.4. The summed E-state index contributed by atoms with van der Waals surface area (Å²) in [6.45, 7) is 12.7. The highest BCUT2D eigenvalue weighted by Crippen LogP contribution is 2.35.